The van der Waals surface area contributed by atoms with Crippen molar-refractivity contribution < 1.29 is 9.47 Å². The Balaban J connectivity index is 1.50. The zero-order chi connectivity index (χ0) is 12.6. The lowest BCUT2D eigenvalue weighted by Crippen LogP contribution is -2.24. The Morgan fingerprint density at radius 1 is 1.39 bits per heavy atom. The molecule has 1 aromatic rings. The molecule has 1 aliphatic heterocycles. The number of nitrogens with one attached hydrogen (secondary N) is 1. The van der Waals surface area contributed by atoms with Crippen molar-refractivity contribution in [3.63, 3.8) is 0 Å². The summed E-state index contributed by atoms with van der Waals surface area (Å²) in [5, 5.41) is 3.38. The Morgan fingerprint density at radius 3 is 3.11 bits per heavy atom. The highest BCUT2D eigenvalue weighted by molar-refractivity contribution is 9.10. The molecule has 1 saturated heterocycles. The lowest BCUT2D eigenvalue weighted by atomic mass is 10.2. The molecule has 1 heterocycles. The highest BCUT2D eigenvalue weighted by Crippen LogP contribution is 2.17. The smallest absolute Gasteiger partial charge is 0.120 e. The zero-order valence-electron chi connectivity index (χ0n) is 10.5. The van der Waals surface area contributed by atoms with Crippen molar-refractivity contribution in [3.05, 3.63) is 28.7 Å². The summed E-state index contributed by atoms with van der Waals surface area (Å²) in [7, 11) is 0. The Kier molecular flexibility index (Phi) is 5.97. The molecule has 0 amide bonds. The number of ether oxygens (including phenoxy) is 2. The van der Waals surface area contributed by atoms with Crippen LogP contribution in [0.25, 0.3) is 0 Å². The average Bonchev–Trinajstić information content (AvgIpc) is 2.87. The lowest BCUT2D eigenvalue weighted by Gasteiger charge is -2.10. The van der Waals surface area contributed by atoms with E-state index in [4.69, 9.17) is 9.47 Å². The van der Waals surface area contributed by atoms with Gasteiger partial charge in [-0.1, -0.05) is 22.0 Å². The maximum absolute atomic E-state index is 5.64. The van der Waals surface area contributed by atoms with Gasteiger partial charge in [0.05, 0.1) is 6.10 Å². The molecule has 1 N–H and O–H groups in total. The molecule has 1 aliphatic rings. The Morgan fingerprint density at radius 2 is 2.33 bits per heavy atom. The molecule has 1 fully saturated rings. The van der Waals surface area contributed by atoms with Crippen LogP contribution in [0.3, 0.4) is 0 Å². The van der Waals surface area contributed by atoms with Gasteiger partial charge < -0.3 is 14.8 Å². The third-order valence-corrected chi connectivity index (χ3v) is 3.50. The molecule has 0 aromatic heterocycles. The minimum Gasteiger partial charge on any atom is -0.492 e. The highest BCUT2D eigenvalue weighted by atomic mass is 79.9. The van der Waals surface area contributed by atoms with Gasteiger partial charge in [-0.05, 0) is 44.0 Å². The molecule has 0 radical (unpaired) electrons. The van der Waals surface area contributed by atoms with Crippen LogP contribution in [0, 0.1) is 0 Å². The summed E-state index contributed by atoms with van der Waals surface area (Å²) in [4.78, 5) is 0. The fraction of sp³-hybridized carbons (Fsp3) is 0.571. The third kappa shape index (κ3) is 4.96. The second kappa shape index (κ2) is 7.77. The number of halogens is 1. The first-order valence-electron chi connectivity index (χ1n) is 6.55. The van der Waals surface area contributed by atoms with Crippen LogP contribution < -0.4 is 10.1 Å². The molecule has 0 bridgehead atoms. The summed E-state index contributed by atoms with van der Waals surface area (Å²) in [6.45, 7) is 3.52. The second-order valence-electron chi connectivity index (χ2n) is 4.48. The highest BCUT2D eigenvalue weighted by Gasteiger charge is 2.14. The third-order valence-electron chi connectivity index (χ3n) is 3.01. The molecule has 1 unspecified atom stereocenters. The van der Waals surface area contributed by atoms with Crippen LogP contribution in [-0.4, -0.2) is 32.4 Å². The zero-order valence-corrected chi connectivity index (χ0v) is 12.1. The summed E-state index contributed by atoms with van der Waals surface area (Å²) in [6.07, 6.45) is 4.02. The van der Waals surface area contributed by atoms with Crippen molar-refractivity contribution in [3.8, 4) is 5.75 Å². The molecular formula is C14H20BrNO2. The van der Waals surface area contributed by atoms with E-state index in [2.05, 4.69) is 21.2 Å². The SMILES string of the molecule is Brc1cccc(OCCNCCC2CCCO2)c1. The second-order valence-corrected chi connectivity index (χ2v) is 5.40. The molecule has 0 saturated carbocycles. The molecule has 2 rings (SSSR count). The van der Waals surface area contributed by atoms with Gasteiger partial charge in [-0.15, -0.1) is 0 Å². The van der Waals surface area contributed by atoms with Crippen LogP contribution in [0.1, 0.15) is 19.3 Å². The maximum Gasteiger partial charge on any atom is 0.120 e. The molecule has 0 aliphatic carbocycles. The van der Waals surface area contributed by atoms with Gasteiger partial charge >= 0.3 is 0 Å². The maximum atomic E-state index is 5.64. The summed E-state index contributed by atoms with van der Waals surface area (Å²) in [6, 6.07) is 7.92. The summed E-state index contributed by atoms with van der Waals surface area (Å²) in [5.41, 5.74) is 0. The first-order chi connectivity index (χ1) is 8.84. The monoisotopic (exact) mass is 313 g/mol. The minimum absolute atomic E-state index is 0.475. The molecule has 100 valence electrons. The number of benzene rings is 1. The quantitative estimate of drug-likeness (QED) is 0.785. The lowest BCUT2D eigenvalue weighted by molar-refractivity contribution is 0.104. The van der Waals surface area contributed by atoms with Crippen molar-refractivity contribution in [2.24, 2.45) is 0 Å². The summed E-state index contributed by atoms with van der Waals surface area (Å²) < 4.78 is 12.2. The van der Waals surface area contributed by atoms with Crippen molar-refractivity contribution in [1.29, 1.82) is 0 Å². The number of rotatable bonds is 7. The minimum atomic E-state index is 0.475. The van der Waals surface area contributed by atoms with E-state index in [1.54, 1.807) is 0 Å². The fourth-order valence-electron chi connectivity index (χ4n) is 2.06. The average molecular weight is 314 g/mol. The number of hydrogen-bond donors (Lipinski definition) is 1. The standard InChI is InChI=1S/C14H20BrNO2/c15-12-3-1-4-14(11-12)18-10-8-16-7-6-13-5-2-9-17-13/h1,3-4,11,13,16H,2,5-10H2. The van der Waals surface area contributed by atoms with Gasteiger partial charge in [0, 0.05) is 17.6 Å². The van der Waals surface area contributed by atoms with Crippen molar-refractivity contribution in [2.75, 3.05) is 26.3 Å². The topological polar surface area (TPSA) is 30.5 Å². The van der Waals surface area contributed by atoms with Gasteiger partial charge in [0.15, 0.2) is 0 Å². The van der Waals surface area contributed by atoms with Crippen molar-refractivity contribution in [2.45, 2.75) is 25.4 Å². The number of hydrogen-bond acceptors (Lipinski definition) is 3. The van der Waals surface area contributed by atoms with E-state index in [0.29, 0.717) is 12.7 Å². The van der Waals surface area contributed by atoms with Gasteiger partial charge in [-0.25, -0.2) is 0 Å². The molecule has 18 heavy (non-hydrogen) atoms. The van der Waals surface area contributed by atoms with E-state index in [1.807, 2.05) is 24.3 Å². The predicted octanol–water partition coefficient (Wildman–Crippen LogP) is 2.99. The Labute approximate surface area is 117 Å². The van der Waals surface area contributed by atoms with Gasteiger partial charge in [0.25, 0.3) is 0 Å². The van der Waals surface area contributed by atoms with Crippen molar-refractivity contribution in [1.82, 2.24) is 5.32 Å². The first-order valence-corrected chi connectivity index (χ1v) is 7.34. The fourth-order valence-corrected chi connectivity index (χ4v) is 2.44. The summed E-state index contributed by atoms with van der Waals surface area (Å²) >= 11 is 3.42. The Hall–Kier alpha value is -0.580. The van der Waals surface area contributed by atoms with E-state index in [-0.39, 0.29) is 0 Å². The first kappa shape index (κ1) is 13.8. The predicted molar refractivity (Wildman–Crippen MR) is 76.1 cm³/mol. The van der Waals surface area contributed by atoms with Gasteiger partial charge in [0.1, 0.15) is 12.4 Å². The van der Waals surface area contributed by atoms with E-state index in [1.165, 1.54) is 12.8 Å². The molecule has 0 spiro atoms. The molecule has 4 heteroatoms. The van der Waals surface area contributed by atoms with Crippen LogP contribution in [-0.2, 0) is 4.74 Å². The Bertz CT molecular complexity index is 353. The van der Waals surface area contributed by atoms with E-state index in [9.17, 15) is 0 Å². The largest absolute Gasteiger partial charge is 0.492 e. The van der Waals surface area contributed by atoms with Gasteiger partial charge in [-0.2, -0.15) is 0 Å². The van der Waals surface area contributed by atoms with Gasteiger partial charge in [0.2, 0.25) is 0 Å². The molecule has 3 nitrogen and oxygen atoms in total. The van der Waals surface area contributed by atoms with Crippen LogP contribution in [0.5, 0.6) is 5.75 Å². The van der Waals surface area contributed by atoms with Crippen LogP contribution in [0.2, 0.25) is 0 Å². The van der Waals surface area contributed by atoms with E-state index < -0.39 is 0 Å². The normalized spacial score (nSPS) is 19.1. The molecule has 1 aromatic carbocycles. The van der Waals surface area contributed by atoms with E-state index >= 15 is 0 Å². The van der Waals surface area contributed by atoms with Gasteiger partial charge in [-0.3, -0.25) is 0 Å². The van der Waals surface area contributed by atoms with E-state index in [0.717, 1.165) is 36.3 Å². The van der Waals surface area contributed by atoms with Crippen LogP contribution >= 0.6 is 15.9 Å². The molecule has 1 atom stereocenters. The molecular weight excluding hydrogens is 294 g/mol. The van der Waals surface area contributed by atoms with Crippen molar-refractivity contribution >= 4 is 15.9 Å². The van der Waals surface area contributed by atoms with Crippen LogP contribution in [0.15, 0.2) is 28.7 Å². The summed E-state index contributed by atoms with van der Waals surface area (Å²) in [5.74, 6) is 0.908. The van der Waals surface area contributed by atoms with Crippen LogP contribution in [0.4, 0.5) is 0 Å².